The Kier molecular flexibility index (Phi) is 2.09. The van der Waals surface area contributed by atoms with Gasteiger partial charge >= 0.3 is 0 Å². The second-order valence-corrected chi connectivity index (χ2v) is 2.95. The van der Waals surface area contributed by atoms with Crippen molar-refractivity contribution in [2.45, 2.75) is 6.92 Å². The van der Waals surface area contributed by atoms with Crippen LogP contribution in [-0.2, 0) is 0 Å². The summed E-state index contributed by atoms with van der Waals surface area (Å²) in [5.41, 5.74) is 1.18. The Balaban J connectivity index is 2.75. The molecule has 1 heterocycles. The van der Waals surface area contributed by atoms with Crippen molar-refractivity contribution >= 4 is 16.8 Å². The first-order valence-electron chi connectivity index (χ1n) is 4.37. The molecule has 2 aromatic rings. The van der Waals surface area contributed by atoms with E-state index in [9.17, 15) is 0 Å². The van der Waals surface area contributed by atoms with E-state index in [0.717, 1.165) is 0 Å². The minimum Gasteiger partial charge on any atom is -0.263 e. The molecule has 0 radical (unpaired) electrons. The Labute approximate surface area is 77.7 Å². The van der Waals surface area contributed by atoms with E-state index in [1.54, 1.807) is 0 Å². The molecule has 0 saturated carbocycles. The second kappa shape index (κ2) is 3.40. The van der Waals surface area contributed by atoms with Crippen LogP contribution in [0.3, 0.4) is 0 Å². The zero-order chi connectivity index (χ0) is 9.10. The Bertz CT molecular complexity index is 438. The molecule has 64 valence electrons. The molecule has 0 aliphatic carbocycles. The number of hydrogen-bond donors (Lipinski definition) is 0. The van der Waals surface area contributed by atoms with E-state index in [-0.39, 0.29) is 0 Å². The summed E-state index contributed by atoms with van der Waals surface area (Å²) < 4.78 is 0. The molecule has 0 amide bonds. The number of nitrogens with zero attached hydrogens (tertiary/aromatic N) is 1. The summed E-state index contributed by atoms with van der Waals surface area (Å²) in [6, 6.07) is 8.28. The van der Waals surface area contributed by atoms with Gasteiger partial charge in [0, 0.05) is 23.3 Å². The lowest BCUT2D eigenvalue weighted by Gasteiger charge is -1.99. The van der Waals surface area contributed by atoms with Gasteiger partial charge in [-0.25, -0.2) is 0 Å². The van der Waals surface area contributed by atoms with Crippen LogP contribution in [0.25, 0.3) is 16.8 Å². The predicted octanol–water partition coefficient (Wildman–Crippen LogP) is 3.27. The summed E-state index contributed by atoms with van der Waals surface area (Å²) in [7, 11) is 0. The molecule has 0 saturated heterocycles. The van der Waals surface area contributed by atoms with Gasteiger partial charge in [0.05, 0.1) is 0 Å². The van der Waals surface area contributed by atoms with Gasteiger partial charge in [0.1, 0.15) is 0 Å². The highest BCUT2D eigenvalue weighted by Gasteiger charge is 1.95. The van der Waals surface area contributed by atoms with Gasteiger partial charge in [-0.15, -0.1) is 0 Å². The summed E-state index contributed by atoms with van der Waals surface area (Å²) in [6.07, 6.45) is 7.89. The first-order valence-corrected chi connectivity index (χ1v) is 4.37. The van der Waals surface area contributed by atoms with E-state index in [0.29, 0.717) is 0 Å². The van der Waals surface area contributed by atoms with Gasteiger partial charge in [0.25, 0.3) is 0 Å². The maximum atomic E-state index is 4.18. The van der Waals surface area contributed by atoms with Crippen molar-refractivity contribution in [2.24, 2.45) is 0 Å². The van der Waals surface area contributed by atoms with Crippen molar-refractivity contribution in [3.63, 3.8) is 0 Å². The number of rotatable bonds is 1. The number of pyridine rings is 1. The third-order valence-corrected chi connectivity index (χ3v) is 2.05. The summed E-state index contributed by atoms with van der Waals surface area (Å²) >= 11 is 0. The standard InChI is InChI=1S/C12H11N/c1-2-5-10-8-13-9-11-6-3-4-7-12(10)11/h2-9H,1H3. The molecule has 0 aliphatic heterocycles. The van der Waals surface area contributed by atoms with E-state index in [4.69, 9.17) is 0 Å². The van der Waals surface area contributed by atoms with Gasteiger partial charge in [0.15, 0.2) is 0 Å². The number of allylic oxidation sites excluding steroid dienone is 1. The van der Waals surface area contributed by atoms with Crippen molar-refractivity contribution in [1.29, 1.82) is 0 Å². The van der Waals surface area contributed by atoms with Crippen molar-refractivity contribution in [2.75, 3.05) is 0 Å². The molecular weight excluding hydrogens is 158 g/mol. The van der Waals surface area contributed by atoms with E-state index < -0.39 is 0 Å². The van der Waals surface area contributed by atoms with Gasteiger partial charge in [-0.2, -0.15) is 0 Å². The number of aromatic nitrogens is 1. The molecule has 1 aromatic carbocycles. The lowest BCUT2D eigenvalue weighted by Crippen LogP contribution is -1.80. The molecular formula is C12H11N. The van der Waals surface area contributed by atoms with Gasteiger partial charge < -0.3 is 0 Å². The molecule has 0 spiro atoms. The summed E-state index contributed by atoms with van der Waals surface area (Å²) in [4.78, 5) is 4.18. The van der Waals surface area contributed by atoms with Crippen molar-refractivity contribution in [3.05, 3.63) is 48.3 Å². The monoisotopic (exact) mass is 169 g/mol. The average Bonchev–Trinajstić information content (AvgIpc) is 2.19. The largest absolute Gasteiger partial charge is 0.263 e. The third kappa shape index (κ3) is 1.45. The lowest BCUT2D eigenvalue weighted by atomic mass is 10.1. The van der Waals surface area contributed by atoms with Crippen molar-refractivity contribution in [3.8, 4) is 0 Å². The topological polar surface area (TPSA) is 12.9 Å². The number of hydrogen-bond acceptors (Lipinski definition) is 1. The van der Waals surface area contributed by atoms with Crippen LogP contribution in [0.4, 0.5) is 0 Å². The Morgan fingerprint density at radius 1 is 1.15 bits per heavy atom. The van der Waals surface area contributed by atoms with E-state index >= 15 is 0 Å². The predicted molar refractivity (Wildman–Crippen MR) is 56.5 cm³/mol. The quantitative estimate of drug-likeness (QED) is 0.638. The smallest absolute Gasteiger partial charge is 0.0346 e. The molecule has 2 rings (SSSR count). The Morgan fingerprint density at radius 3 is 2.85 bits per heavy atom. The van der Waals surface area contributed by atoms with Crippen molar-refractivity contribution < 1.29 is 0 Å². The van der Waals surface area contributed by atoms with Gasteiger partial charge in [0.2, 0.25) is 0 Å². The normalized spacial score (nSPS) is 11.2. The highest BCUT2D eigenvalue weighted by atomic mass is 14.6. The molecule has 1 aromatic heterocycles. The lowest BCUT2D eigenvalue weighted by molar-refractivity contribution is 1.35. The molecule has 13 heavy (non-hydrogen) atoms. The van der Waals surface area contributed by atoms with E-state index in [1.807, 2.05) is 31.5 Å². The van der Waals surface area contributed by atoms with Crippen LogP contribution in [0.2, 0.25) is 0 Å². The SMILES string of the molecule is CC=Cc1cncc2ccccc12. The van der Waals surface area contributed by atoms with Crippen LogP contribution in [0, 0.1) is 0 Å². The molecule has 0 aliphatic rings. The molecule has 0 atom stereocenters. The summed E-state index contributed by atoms with van der Waals surface area (Å²) in [6.45, 7) is 2.02. The fourth-order valence-corrected chi connectivity index (χ4v) is 1.45. The van der Waals surface area contributed by atoms with E-state index in [2.05, 4.69) is 29.3 Å². The molecule has 0 bridgehead atoms. The van der Waals surface area contributed by atoms with Crippen molar-refractivity contribution in [1.82, 2.24) is 4.98 Å². The summed E-state index contributed by atoms with van der Waals surface area (Å²) in [5.74, 6) is 0. The fourth-order valence-electron chi connectivity index (χ4n) is 1.45. The highest BCUT2D eigenvalue weighted by molar-refractivity contribution is 5.89. The first-order chi connectivity index (χ1) is 6.42. The Hall–Kier alpha value is -1.63. The minimum absolute atomic E-state index is 1.18. The van der Waals surface area contributed by atoms with Crippen LogP contribution in [0.1, 0.15) is 12.5 Å². The zero-order valence-corrected chi connectivity index (χ0v) is 7.57. The fraction of sp³-hybridized carbons (Fsp3) is 0.0833. The summed E-state index contributed by atoms with van der Waals surface area (Å²) in [5, 5.41) is 2.45. The minimum atomic E-state index is 1.18. The van der Waals surface area contributed by atoms with Crippen LogP contribution in [-0.4, -0.2) is 4.98 Å². The molecule has 0 fully saturated rings. The average molecular weight is 169 g/mol. The molecule has 1 heteroatoms. The Morgan fingerprint density at radius 2 is 2.00 bits per heavy atom. The molecule has 0 N–H and O–H groups in total. The zero-order valence-electron chi connectivity index (χ0n) is 7.57. The van der Waals surface area contributed by atoms with Crippen LogP contribution >= 0.6 is 0 Å². The number of fused-ring (bicyclic) bond motifs is 1. The maximum absolute atomic E-state index is 4.18. The second-order valence-electron chi connectivity index (χ2n) is 2.95. The van der Waals surface area contributed by atoms with Crippen LogP contribution < -0.4 is 0 Å². The first kappa shape index (κ1) is 7.99. The van der Waals surface area contributed by atoms with Gasteiger partial charge in [-0.3, -0.25) is 4.98 Å². The van der Waals surface area contributed by atoms with Gasteiger partial charge in [-0.1, -0.05) is 36.4 Å². The van der Waals surface area contributed by atoms with Crippen LogP contribution in [0.5, 0.6) is 0 Å². The third-order valence-electron chi connectivity index (χ3n) is 2.05. The van der Waals surface area contributed by atoms with Gasteiger partial charge in [-0.05, 0) is 12.3 Å². The molecule has 0 unspecified atom stereocenters. The number of benzene rings is 1. The molecule has 1 nitrogen and oxygen atoms in total. The maximum Gasteiger partial charge on any atom is 0.0346 e. The highest BCUT2D eigenvalue weighted by Crippen LogP contribution is 2.17. The van der Waals surface area contributed by atoms with Crippen LogP contribution in [0.15, 0.2) is 42.7 Å². The van der Waals surface area contributed by atoms with E-state index in [1.165, 1.54) is 16.3 Å².